The monoisotopic (exact) mass is 248 g/mol. The van der Waals surface area contributed by atoms with E-state index in [0.717, 1.165) is 37.2 Å². The first kappa shape index (κ1) is 12.7. The lowest BCUT2D eigenvalue weighted by atomic mass is 10.2. The molecular formula is C14H20N2O2. The highest BCUT2D eigenvalue weighted by Gasteiger charge is 2.16. The summed E-state index contributed by atoms with van der Waals surface area (Å²) in [4.78, 5) is 13.5. The summed E-state index contributed by atoms with van der Waals surface area (Å²) < 4.78 is 5.62. The molecule has 4 heteroatoms. The first-order chi connectivity index (χ1) is 8.77. The second-order valence-corrected chi connectivity index (χ2v) is 4.54. The van der Waals surface area contributed by atoms with Crippen LogP contribution in [-0.4, -0.2) is 37.2 Å². The third-order valence-electron chi connectivity index (χ3n) is 3.12. The quantitative estimate of drug-likeness (QED) is 0.830. The van der Waals surface area contributed by atoms with E-state index in [1.54, 1.807) is 0 Å². The predicted molar refractivity (Wildman–Crippen MR) is 70.9 cm³/mol. The molecule has 1 fully saturated rings. The summed E-state index contributed by atoms with van der Waals surface area (Å²) in [5.74, 6) is 0.882. The van der Waals surface area contributed by atoms with Gasteiger partial charge < -0.3 is 15.0 Å². The molecular weight excluding hydrogens is 228 g/mol. The van der Waals surface area contributed by atoms with Gasteiger partial charge in [-0.1, -0.05) is 18.2 Å². The number of nitrogens with one attached hydrogen (secondary N) is 1. The van der Waals surface area contributed by atoms with Crippen molar-refractivity contribution < 1.29 is 9.53 Å². The van der Waals surface area contributed by atoms with Crippen LogP contribution in [0.5, 0.6) is 5.75 Å². The zero-order chi connectivity index (χ0) is 12.8. The molecule has 0 spiro atoms. The van der Waals surface area contributed by atoms with E-state index in [0.29, 0.717) is 13.2 Å². The van der Waals surface area contributed by atoms with Gasteiger partial charge in [-0.25, -0.2) is 4.79 Å². The van der Waals surface area contributed by atoms with Crippen molar-refractivity contribution in [1.29, 1.82) is 0 Å². The molecule has 1 aromatic carbocycles. The SMILES string of the molecule is Cc1ccccc1OCCNC(=O)N1CCCC1. The highest BCUT2D eigenvalue weighted by atomic mass is 16.5. The lowest BCUT2D eigenvalue weighted by molar-refractivity contribution is 0.205. The van der Waals surface area contributed by atoms with Gasteiger partial charge in [-0.2, -0.15) is 0 Å². The van der Waals surface area contributed by atoms with Crippen molar-refractivity contribution in [2.45, 2.75) is 19.8 Å². The van der Waals surface area contributed by atoms with E-state index in [1.807, 2.05) is 36.1 Å². The zero-order valence-electron chi connectivity index (χ0n) is 10.8. The Hall–Kier alpha value is -1.71. The van der Waals surface area contributed by atoms with E-state index in [2.05, 4.69) is 5.32 Å². The van der Waals surface area contributed by atoms with E-state index in [4.69, 9.17) is 4.74 Å². The molecule has 0 radical (unpaired) electrons. The van der Waals surface area contributed by atoms with Crippen LogP contribution in [0.4, 0.5) is 4.79 Å². The van der Waals surface area contributed by atoms with Crippen molar-refractivity contribution in [3.8, 4) is 5.75 Å². The minimum absolute atomic E-state index is 0.0286. The van der Waals surface area contributed by atoms with Gasteiger partial charge in [-0.15, -0.1) is 0 Å². The average Bonchev–Trinajstić information content (AvgIpc) is 2.90. The van der Waals surface area contributed by atoms with Crippen molar-refractivity contribution in [2.75, 3.05) is 26.2 Å². The number of benzene rings is 1. The largest absolute Gasteiger partial charge is 0.491 e. The molecule has 0 atom stereocenters. The minimum Gasteiger partial charge on any atom is -0.491 e. The molecule has 0 aromatic heterocycles. The molecule has 0 aliphatic carbocycles. The summed E-state index contributed by atoms with van der Waals surface area (Å²) >= 11 is 0. The average molecular weight is 248 g/mol. The summed E-state index contributed by atoms with van der Waals surface area (Å²) in [6, 6.07) is 7.92. The van der Waals surface area contributed by atoms with E-state index in [1.165, 1.54) is 0 Å². The number of aryl methyl sites for hydroxylation is 1. The summed E-state index contributed by atoms with van der Waals surface area (Å²) in [6.07, 6.45) is 2.24. The number of ether oxygens (including phenoxy) is 1. The number of nitrogens with zero attached hydrogens (tertiary/aromatic N) is 1. The maximum Gasteiger partial charge on any atom is 0.317 e. The van der Waals surface area contributed by atoms with E-state index in [-0.39, 0.29) is 6.03 Å². The smallest absolute Gasteiger partial charge is 0.317 e. The molecule has 1 saturated heterocycles. The van der Waals surface area contributed by atoms with Gasteiger partial charge in [0.2, 0.25) is 0 Å². The number of hydrogen-bond donors (Lipinski definition) is 1. The van der Waals surface area contributed by atoms with E-state index in [9.17, 15) is 4.79 Å². The van der Waals surface area contributed by atoms with Crippen molar-refractivity contribution >= 4 is 6.03 Å². The fraction of sp³-hybridized carbons (Fsp3) is 0.500. The lowest BCUT2D eigenvalue weighted by Crippen LogP contribution is -2.39. The molecule has 0 bridgehead atoms. The Balaban J connectivity index is 1.67. The van der Waals surface area contributed by atoms with Crippen LogP contribution in [0.1, 0.15) is 18.4 Å². The van der Waals surface area contributed by atoms with Crippen LogP contribution in [0.25, 0.3) is 0 Å². The van der Waals surface area contributed by atoms with Crippen LogP contribution in [0, 0.1) is 6.92 Å². The second-order valence-electron chi connectivity index (χ2n) is 4.54. The van der Waals surface area contributed by atoms with Gasteiger partial charge in [0.1, 0.15) is 12.4 Å². The molecule has 98 valence electrons. The van der Waals surface area contributed by atoms with Crippen molar-refractivity contribution in [2.24, 2.45) is 0 Å². The first-order valence-corrected chi connectivity index (χ1v) is 6.48. The number of likely N-dealkylation sites (tertiary alicyclic amines) is 1. The molecule has 18 heavy (non-hydrogen) atoms. The van der Waals surface area contributed by atoms with Gasteiger partial charge in [-0.05, 0) is 31.4 Å². The van der Waals surface area contributed by atoms with E-state index >= 15 is 0 Å². The van der Waals surface area contributed by atoms with Crippen molar-refractivity contribution in [1.82, 2.24) is 10.2 Å². The Kier molecular flexibility index (Phi) is 4.45. The number of carbonyl (C=O) groups excluding carboxylic acids is 1. The third-order valence-corrected chi connectivity index (χ3v) is 3.12. The van der Waals surface area contributed by atoms with Gasteiger partial charge in [-0.3, -0.25) is 0 Å². The number of rotatable bonds is 4. The van der Waals surface area contributed by atoms with E-state index < -0.39 is 0 Å². The fourth-order valence-corrected chi connectivity index (χ4v) is 2.07. The van der Waals surface area contributed by atoms with Crippen molar-refractivity contribution in [3.63, 3.8) is 0 Å². The molecule has 2 rings (SSSR count). The summed E-state index contributed by atoms with van der Waals surface area (Å²) in [5.41, 5.74) is 1.11. The van der Waals surface area contributed by atoms with Crippen LogP contribution in [0.2, 0.25) is 0 Å². The third kappa shape index (κ3) is 3.39. The van der Waals surface area contributed by atoms with Crippen LogP contribution >= 0.6 is 0 Å². The maximum atomic E-state index is 11.7. The molecule has 1 N–H and O–H groups in total. The normalized spacial score (nSPS) is 14.6. The molecule has 4 nitrogen and oxygen atoms in total. The molecule has 0 saturated carbocycles. The molecule has 1 aromatic rings. The first-order valence-electron chi connectivity index (χ1n) is 6.48. The molecule has 1 aliphatic heterocycles. The molecule has 1 heterocycles. The lowest BCUT2D eigenvalue weighted by Gasteiger charge is -2.16. The summed E-state index contributed by atoms with van der Waals surface area (Å²) in [6.45, 7) is 4.82. The zero-order valence-corrected chi connectivity index (χ0v) is 10.8. The van der Waals surface area contributed by atoms with Crippen LogP contribution in [-0.2, 0) is 0 Å². The number of para-hydroxylation sites is 1. The number of hydrogen-bond acceptors (Lipinski definition) is 2. The standard InChI is InChI=1S/C14H20N2O2/c1-12-6-2-3-7-13(12)18-11-8-15-14(17)16-9-4-5-10-16/h2-3,6-7H,4-5,8-11H2,1H3,(H,15,17). The van der Waals surface area contributed by atoms with Gasteiger partial charge in [0.25, 0.3) is 0 Å². The molecule has 2 amide bonds. The Labute approximate surface area is 108 Å². The molecule has 1 aliphatic rings. The minimum atomic E-state index is 0.0286. The Morgan fingerprint density at radius 1 is 1.33 bits per heavy atom. The van der Waals surface area contributed by atoms with Gasteiger partial charge >= 0.3 is 6.03 Å². The van der Waals surface area contributed by atoms with Gasteiger partial charge in [0, 0.05) is 13.1 Å². The topological polar surface area (TPSA) is 41.6 Å². The van der Waals surface area contributed by atoms with Gasteiger partial charge in [0.15, 0.2) is 0 Å². The molecule has 0 unspecified atom stereocenters. The predicted octanol–water partition coefficient (Wildman–Crippen LogP) is 2.18. The highest BCUT2D eigenvalue weighted by Crippen LogP contribution is 2.15. The van der Waals surface area contributed by atoms with Gasteiger partial charge in [0.05, 0.1) is 6.54 Å². The highest BCUT2D eigenvalue weighted by molar-refractivity contribution is 5.74. The Bertz CT molecular complexity index is 401. The number of carbonyl (C=O) groups is 1. The summed E-state index contributed by atoms with van der Waals surface area (Å²) in [7, 11) is 0. The number of urea groups is 1. The van der Waals surface area contributed by atoms with Crippen LogP contribution in [0.15, 0.2) is 24.3 Å². The second kappa shape index (κ2) is 6.28. The summed E-state index contributed by atoms with van der Waals surface area (Å²) in [5, 5.41) is 2.88. The fourth-order valence-electron chi connectivity index (χ4n) is 2.07. The van der Waals surface area contributed by atoms with Crippen LogP contribution < -0.4 is 10.1 Å². The van der Waals surface area contributed by atoms with Crippen molar-refractivity contribution in [3.05, 3.63) is 29.8 Å². The van der Waals surface area contributed by atoms with Crippen LogP contribution in [0.3, 0.4) is 0 Å². The maximum absolute atomic E-state index is 11.7. The Morgan fingerprint density at radius 2 is 2.06 bits per heavy atom. The Morgan fingerprint density at radius 3 is 2.78 bits per heavy atom. The number of amides is 2.